The summed E-state index contributed by atoms with van der Waals surface area (Å²) in [6.07, 6.45) is 10.7. The van der Waals surface area contributed by atoms with Gasteiger partial charge in [-0.3, -0.25) is 0 Å². The van der Waals surface area contributed by atoms with Crippen LogP contribution in [-0.4, -0.2) is 13.7 Å². The normalized spacial score (nSPS) is 12.6. The minimum absolute atomic E-state index is 0.738. The number of ether oxygens (including phenoxy) is 1. The Balaban J connectivity index is 3.81. The summed E-state index contributed by atoms with van der Waals surface area (Å²) in [6.45, 7) is 12.6. The van der Waals surface area contributed by atoms with Crippen LogP contribution in [0.3, 0.4) is 0 Å². The third-order valence-electron chi connectivity index (χ3n) is 2.65. The van der Waals surface area contributed by atoms with E-state index in [9.17, 15) is 0 Å². The highest BCUT2D eigenvalue weighted by molar-refractivity contribution is 5.12. The van der Waals surface area contributed by atoms with E-state index in [0.29, 0.717) is 0 Å². The van der Waals surface area contributed by atoms with Gasteiger partial charge in [0.1, 0.15) is 0 Å². The highest BCUT2D eigenvalue weighted by Crippen LogP contribution is 2.11. The van der Waals surface area contributed by atoms with E-state index in [4.69, 9.17) is 4.74 Å². The van der Waals surface area contributed by atoms with Gasteiger partial charge in [0.15, 0.2) is 0 Å². The second-order valence-corrected chi connectivity index (χ2v) is 4.47. The van der Waals surface area contributed by atoms with Crippen LogP contribution in [0.25, 0.3) is 0 Å². The van der Waals surface area contributed by atoms with Crippen molar-refractivity contribution in [2.75, 3.05) is 13.7 Å². The van der Waals surface area contributed by atoms with Gasteiger partial charge in [-0.15, -0.1) is 0 Å². The lowest BCUT2D eigenvalue weighted by Gasteiger charge is -2.01. The van der Waals surface area contributed by atoms with Gasteiger partial charge in [0, 0.05) is 7.11 Å². The Kier molecular flexibility index (Phi) is 9.46. The predicted octanol–water partition coefficient (Wildman–Crippen LogP) is 4.83. The average Bonchev–Trinajstić information content (AvgIpc) is 2.29. The summed E-state index contributed by atoms with van der Waals surface area (Å²) in [5, 5.41) is 0. The molecule has 0 aromatic rings. The molecule has 96 valence electrons. The fraction of sp³-hybridized carbons (Fsp3) is 0.500. The van der Waals surface area contributed by atoms with Crippen molar-refractivity contribution in [1.29, 1.82) is 0 Å². The van der Waals surface area contributed by atoms with Crippen molar-refractivity contribution in [2.24, 2.45) is 0 Å². The predicted molar refractivity (Wildman–Crippen MR) is 77.2 cm³/mol. The van der Waals surface area contributed by atoms with Gasteiger partial charge in [-0.2, -0.15) is 0 Å². The minimum atomic E-state index is 0.738. The number of methoxy groups -OCH3 is 1. The molecule has 0 spiro atoms. The SMILES string of the molecule is C=CC(=C)CCC=C(C)CCC=C(C)COC. The Morgan fingerprint density at radius 2 is 1.65 bits per heavy atom. The van der Waals surface area contributed by atoms with Crippen LogP contribution >= 0.6 is 0 Å². The van der Waals surface area contributed by atoms with E-state index >= 15 is 0 Å². The maximum atomic E-state index is 5.06. The number of hydrogen-bond donors (Lipinski definition) is 0. The van der Waals surface area contributed by atoms with Crippen molar-refractivity contribution < 1.29 is 4.74 Å². The molecule has 0 aromatic heterocycles. The molecule has 1 heteroatoms. The van der Waals surface area contributed by atoms with E-state index in [1.54, 1.807) is 7.11 Å². The molecule has 0 aromatic carbocycles. The van der Waals surface area contributed by atoms with Gasteiger partial charge in [-0.1, -0.05) is 48.1 Å². The van der Waals surface area contributed by atoms with E-state index < -0.39 is 0 Å². The van der Waals surface area contributed by atoms with Gasteiger partial charge >= 0.3 is 0 Å². The highest BCUT2D eigenvalue weighted by atomic mass is 16.5. The summed E-state index contributed by atoms with van der Waals surface area (Å²) in [6, 6.07) is 0. The van der Waals surface area contributed by atoms with E-state index in [-0.39, 0.29) is 0 Å². The van der Waals surface area contributed by atoms with Crippen molar-refractivity contribution in [1.82, 2.24) is 0 Å². The van der Waals surface area contributed by atoms with Crippen LogP contribution in [0.4, 0.5) is 0 Å². The Hall–Kier alpha value is -1.08. The summed E-state index contributed by atoms with van der Waals surface area (Å²) >= 11 is 0. The summed E-state index contributed by atoms with van der Waals surface area (Å²) in [7, 11) is 1.73. The fourth-order valence-electron chi connectivity index (χ4n) is 1.54. The van der Waals surface area contributed by atoms with E-state index in [1.165, 1.54) is 11.1 Å². The maximum Gasteiger partial charge on any atom is 0.0670 e. The Bertz CT molecular complexity index is 295. The number of rotatable bonds is 9. The third-order valence-corrected chi connectivity index (χ3v) is 2.65. The average molecular weight is 234 g/mol. The summed E-state index contributed by atoms with van der Waals surface area (Å²) in [5.41, 5.74) is 3.87. The standard InChI is InChI=1S/C16H26O/c1-6-14(2)9-7-10-15(3)11-8-12-16(4)13-17-5/h6,10,12H,1-2,7-9,11,13H2,3-5H3. The lowest BCUT2D eigenvalue weighted by molar-refractivity contribution is 0.225. The third kappa shape index (κ3) is 9.83. The van der Waals surface area contributed by atoms with Crippen LogP contribution in [0.5, 0.6) is 0 Å². The first kappa shape index (κ1) is 15.9. The Labute approximate surface area is 107 Å². The first-order valence-electron chi connectivity index (χ1n) is 6.20. The Morgan fingerprint density at radius 1 is 1.06 bits per heavy atom. The first-order chi connectivity index (χ1) is 8.10. The van der Waals surface area contributed by atoms with Crippen molar-refractivity contribution in [2.45, 2.75) is 39.5 Å². The van der Waals surface area contributed by atoms with Crippen LogP contribution in [0, 0.1) is 0 Å². The summed E-state index contributed by atoms with van der Waals surface area (Å²) in [4.78, 5) is 0. The van der Waals surface area contributed by atoms with Crippen molar-refractivity contribution in [3.05, 3.63) is 48.1 Å². The maximum absolute atomic E-state index is 5.06. The summed E-state index contributed by atoms with van der Waals surface area (Å²) < 4.78 is 5.06. The molecule has 0 N–H and O–H groups in total. The summed E-state index contributed by atoms with van der Waals surface area (Å²) in [5.74, 6) is 0. The number of allylic oxidation sites excluding steroid dienone is 5. The molecule has 0 saturated carbocycles. The molecule has 0 aliphatic heterocycles. The van der Waals surface area contributed by atoms with Crippen LogP contribution in [0.1, 0.15) is 39.5 Å². The largest absolute Gasteiger partial charge is 0.380 e. The second kappa shape index (κ2) is 10.1. The molecule has 0 fully saturated rings. The quantitative estimate of drug-likeness (QED) is 0.410. The molecule has 0 unspecified atom stereocenters. The van der Waals surface area contributed by atoms with E-state index in [2.05, 4.69) is 39.2 Å². The molecule has 0 rings (SSSR count). The lowest BCUT2D eigenvalue weighted by atomic mass is 10.1. The molecule has 0 aliphatic rings. The zero-order valence-electron chi connectivity index (χ0n) is 11.6. The zero-order valence-corrected chi connectivity index (χ0v) is 11.6. The second-order valence-electron chi connectivity index (χ2n) is 4.47. The molecule has 0 radical (unpaired) electrons. The monoisotopic (exact) mass is 234 g/mol. The molecule has 0 aliphatic carbocycles. The number of hydrogen-bond acceptors (Lipinski definition) is 1. The van der Waals surface area contributed by atoms with Crippen LogP contribution in [-0.2, 0) is 4.74 Å². The highest BCUT2D eigenvalue weighted by Gasteiger charge is 1.92. The molecule has 0 atom stereocenters. The van der Waals surface area contributed by atoms with Crippen LogP contribution < -0.4 is 0 Å². The van der Waals surface area contributed by atoms with Crippen molar-refractivity contribution in [3.63, 3.8) is 0 Å². The van der Waals surface area contributed by atoms with Gasteiger partial charge in [-0.25, -0.2) is 0 Å². The van der Waals surface area contributed by atoms with Gasteiger partial charge in [-0.05, 0) is 39.5 Å². The van der Waals surface area contributed by atoms with Gasteiger partial charge in [0.05, 0.1) is 6.61 Å². The van der Waals surface area contributed by atoms with E-state index in [1.807, 2.05) is 6.08 Å². The molecule has 0 saturated heterocycles. The van der Waals surface area contributed by atoms with Gasteiger partial charge in [0.25, 0.3) is 0 Å². The van der Waals surface area contributed by atoms with Gasteiger partial charge in [0.2, 0.25) is 0 Å². The minimum Gasteiger partial charge on any atom is -0.380 e. The molecule has 0 bridgehead atoms. The zero-order chi connectivity index (χ0) is 13.1. The van der Waals surface area contributed by atoms with Crippen LogP contribution in [0.15, 0.2) is 48.1 Å². The molecular formula is C16H26O. The fourth-order valence-corrected chi connectivity index (χ4v) is 1.54. The molecule has 17 heavy (non-hydrogen) atoms. The van der Waals surface area contributed by atoms with Crippen molar-refractivity contribution >= 4 is 0 Å². The Morgan fingerprint density at radius 3 is 2.24 bits per heavy atom. The molecule has 0 amide bonds. The first-order valence-corrected chi connectivity index (χ1v) is 6.20. The van der Waals surface area contributed by atoms with Crippen LogP contribution in [0.2, 0.25) is 0 Å². The topological polar surface area (TPSA) is 9.23 Å². The van der Waals surface area contributed by atoms with Crippen molar-refractivity contribution in [3.8, 4) is 0 Å². The molecular weight excluding hydrogens is 208 g/mol. The van der Waals surface area contributed by atoms with Gasteiger partial charge < -0.3 is 4.74 Å². The smallest absolute Gasteiger partial charge is 0.0670 e. The van der Waals surface area contributed by atoms with E-state index in [0.717, 1.165) is 37.9 Å². The molecule has 0 heterocycles. The molecule has 1 nitrogen and oxygen atoms in total. The lowest BCUT2D eigenvalue weighted by Crippen LogP contribution is -1.89.